The first kappa shape index (κ1) is 12.4. The third-order valence-corrected chi connectivity index (χ3v) is 6.98. The van der Waals surface area contributed by atoms with Crippen LogP contribution in [0.4, 0.5) is 0 Å². The molecule has 0 aromatic heterocycles. The lowest BCUT2D eigenvalue weighted by Crippen LogP contribution is -2.24. The van der Waals surface area contributed by atoms with E-state index in [1.54, 1.807) is 6.07 Å². The van der Waals surface area contributed by atoms with Crippen LogP contribution in [0.15, 0.2) is 36.4 Å². The summed E-state index contributed by atoms with van der Waals surface area (Å²) in [5.41, 5.74) is 0. The molecule has 104 valence electrons. The topological polar surface area (TPSA) is 49.8 Å². The minimum absolute atomic E-state index is 0.0963. The average Bonchev–Trinajstić information content (AvgIpc) is 3.05. The van der Waals surface area contributed by atoms with Crippen molar-refractivity contribution < 1.29 is 14.2 Å². The molecule has 0 saturated carbocycles. The van der Waals surface area contributed by atoms with E-state index in [0.717, 1.165) is 30.2 Å². The van der Waals surface area contributed by atoms with E-state index < -0.39 is 7.52 Å². The van der Waals surface area contributed by atoms with Crippen LogP contribution in [0.5, 0.6) is 5.75 Å². The van der Waals surface area contributed by atoms with Gasteiger partial charge < -0.3 is 9.63 Å². The Morgan fingerprint density at radius 2 is 2.10 bits per heavy atom. The Bertz CT molecular complexity index is 730. The molecule has 0 spiro atoms. The SMILES string of the molecule is O=[P@]1(c2ccc3ccccc3c2O)OC[C@@H]2CCCN21. The van der Waals surface area contributed by atoms with Crippen molar-refractivity contribution in [2.75, 3.05) is 13.2 Å². The van der Waals surface area contributed by atoms with Gasteiger partial charge in [0.2, 0.25) is 0 Å². The van der Waals surface area contributed by atoms with Gasteiger partial charge in [0.1, 0.15) is 5.75 Å². The zero-order valence-electron chi connectivity index (χ0n) is 11.0. The third-order valence-electron chi connectivity index (χ3n) is 4.31. The molecule has 2 aromatic carbocycles. The molecule has 1 N–H and O–H groups in total. The van der Waals surface area contributed by atoms with E-state index in [2.05, 4.69) is 0 Å². The Kier molecular flexibility index (Phi) is 2.68. The summed E-state index contributed by atoms with van der Waals surface area (Å²) in [5.74, 6) is 0.0963. The van der Waals surface area contributed by atoms with Crippen LogP contribution in [0.2, 0.25) is 0 Å². The van der Waals surface area contributed by atoms with Gasteiger partial charge in [-0.3, -0.25) is 4.57 Å². The van der Waals surface area contributed by atoms with Crippen molar-refractivity contribution in [1.82, 2.24) is 4.67 Å². The van der Waals surface area contributed by atoms with Gasteiger partial charge >= 0.3 is 7.52 Å². The number of hydrogen-bond acceptors (Lipinski definition) is 3. The summed E-state index contributed by atoms with van der Waals surface area (Å²) in [7, 11) is -3.08. The number of phenolic OH excluding ortho intramolecular Hbond substituents is 1. The molecule has 4 rings (SSSR count). The summed E-state index contributed by atoms with van der Waals surface area (Å²) in [6, 6.07) is 11.5. The van der Waals surface area contributed by atoms with Gasteiger partial charge in [0, 0.05) is 18.0 Å². The molecule has 5 heteroatoms. The lowest BCUT2D eigenvalue weighted by Gasteiger charge is -2.22. The maximum absolute atomic E-state index is 13.2. The Balaban J connectivity index is 1.90. The van der Waals surface area contributed by atoms with Crippen molar-refractivity contribution in [1.29, 1.82) is 0 Å². The predicted molar refractivity (Wildman–Crippen MR) is 78.5 cm³/mol. The molecular formula is C15H16NO3P. The van der Waals surface area contributed by atoms with Crippen LogP contribution in [-0.2, 0) is 9.09 Å². The first-order chi connectivity index (χ1) is 9.70. The normalized spacial score (nSPS) is 29.9. The van der Waals surface area contributed by atoms with E-state index in [1.165, 1.54) is 0 Å². The van der Waals surface area contributed by atoms with Gasteiger partial charge in [-0.15, -0.1) is 0 Å². The van der Waals surface area contributed by atoms with Gasteiger partial charge in [0.15, 0.2) is 0 Å². The second-order valence-electron chi connectivity index (χ2n) is 5.43. The second-order valence-corrected chi connectivity index (χ2v) is 7.72. The zero-order valence-corrected chi connectivity index (χ0v) is 11.9. The fourth-order valence-corrected chi connectivity index (χ4v) is 5.88. The number of benzene rings is 2. The van der Waals surface area contributed by atoms with Gasteiger partial charge in [0.25, 0.3) is 0 Å². The average molecular weight is 289 g/mol. The molecule has 2 aliphatic heterocycles. The van der Waals surface area contributed by atoms with Crippen molar-refractivity contribution in [2.45, 2.75) is 18.9 Å². The largest absolute Gasteiger partial charge is 0.506 e. The van der Waals surface area contributed by atoms with Crippen molar-refractivity contribution >= 4 is 23.6 Å². The summed E-state index contributed by atoms with van der Waals surface area (Å²) < 4.78 is 20.8. The van der Waals surface area contributed by atoms with E-state index >= 15 is 0 Å². The molecule has 0 radical (unpaired) electrons. The van der Waals surface area contributed by atoms with E-state index in [1.807, 2.05) is 35.0 Å². The molecule has 0 amide bonds. The highest BCUT2D eigenvalue weighted by Gasteiger charge is 2.48. The quantitative estimate of drug-likeness (QED) is 0.820. The van der Waals surface area contributed by atoms with Crippen molar-refractivity contribution in [3.63, 3.8) is 0 Å². The summed E-state index contributed by atoms with van der Waals surface area (Å²) >= 11 is 0. The standard InChI is InChI=1S/C15H16NO3P/c17-15-13-6-2-1-4-11(13)7-8-14(15)20(18)16-9-3-5-12(16)10-19-20/h1-2,4,6-8,12,17H,3,5,9-10H2/t12-,20+/m0/s1. The molecule has 2 aliphatic rings. The van der Waals surface area contributed by atoms with Gasteiger partial charge in [0.05, 0.1) is 11.9 Å². The Labute approximate surface area is 117 Å². The molecule has 2 aromatic rings. The van der Waals surface area contributed by atoms with Gasteiger partial charge in [-0.1, -0.05) is 30.3 Å². The van der Waals surface area contributed by atoms with Crippen LogP contribution < -0.4 is 5.30 Å². The number of hydrogen-bond donors (Lipinski definition) is 1. The minimum atomic E-state index is -3.08. The minimum Gasteiger partial charge on any atom is -0.506 e. The first-order valence-electron chi connectivity index (χ1n) is 6.93. The first-order valence-corrected chi connectivity index (χ1v) is 8.51. The third kappa shape index (κ3) is 1.59. The van der Waals surface area contributed by atoms with Gasteiger partial charge in [-0.2, -0.15) is 0 Å². The molecule has 0 aliphatic carbocycles. The highest BCUT2D eigenvalue weighted by Crippen LogP contribution is 2.59. The number of aromatic hydroxyl groups is 1. The number of rotatable bonds is 1. The van der Waals surface area contributed by atoms with Gasteiger partial charge in [-0.05, 0) is 24.3 Å². The maximum atomic E-state index is 13.2. The fourth-order valence-electron chi connectivity index (χ4n) is 3.28. The molecule has 2 saturated heterocycles. The van der Waals surface area contributed by atoms with Crippen LogP contribution in [0.25, 0.3) is 10.8 Å². The van der Waals surface area contributed by atoms with E-state index in [-0.39, 0.29) is 11.8 Å². The summed E-state index contributed by atoms with van der Waals surface area (Å²) in [6.45, 7) is 1.29. The van der Waals surface area contributed by atoms with Crippen LogP contribution in [0, 0.1) is 0 Å². The van der Waals surface area contributed by atoms with Crippen LogP contribution >= 0.6 is 7.52 Å². The second kappa shape index (κ2) is 4.32. The summed E-state index contributed by atoms with van der Waals surface area (Å²) in [6.07, 6.45) is 2.07. The van der Waals surface area contributed by atoms with Crippen molar-refractivity contribution in [2.24, 2.45) is 0 Å². The Morgan fingerprint density at radius 1 is 1.25 bits per heavy atom. The Morgan fingerprint density at radius 3 is 3.00 bits per heavy atom. The van der Waals surface area contributed by atoms with Gasteiger partial charge in [-0.25, -0.2) is 4.67 Å². The molecular weight excluding hydrogens is 273 g/mol. The molecule has 4 nitrogen and oxygen atoms in total. The predicted octanol–water partition coefficient (Wildman–Crippen LogP) is 2.86. The number of phenols is 1. The Hall–Kier alpha value is -1.35. The van der Waals surface area contributed by atoms with Crippen LogP contribution in [-0.4, -0.2) is 29.0 Å². The highest BCUT2D eigenvalue weighted by molar-refractivity contribution is 7.65. The summed E-state index contributed by atoms with van der Waals surface area (Å²) in [5, 5.41) is 12.6. The monoisotopic (exact) mass is 289 g/mol. The smallest absolute Gasteiger partial charge is 0.306 e. The molecule has 0 bridgehead atoms. The molecule has 2 fully saturated rings. The fraction of sp³-hybridized carbons (Fsp3) is 0.333. The molecule has 2 atom stereocenters. The highest BCUT2D eigenvalue weighted by atomic mass is 31.2. The van der Waals surface area contributed by atoms with Crippen LogP contribution in [0.1, 0.15) is 12.8 Å². The molecule has 20 heavy (non-hydrogen) atoms. The number of fused-ring (bicyclic) bond motifs is 2. The van der Waals surface area contributed by atoms with Crippen molar-refractivity contribution in [3.05, 3.63) is 36.4 Å². The molecule has 0 unspecified atom stereocenters. The lowest BCUT2D eigenvalue weighted by molar-refractivity contribution is 0.330. The van der Waals surface area contributed by atoms with E-state index in [9.17, 15) is 9.67 Å². The van der Waals surface area contributed by atoms with E-state index in [0.29, 0.717) is 11.9 Å². The summed E-state index contributed by atoms with van der Waals surface area (Å²) in [4.78, 5) is 0. The number of nitrogens with zero attached hydrogens (tertiary/aromatic N) is 1. The van der Waals surface area contributed by atoms with E-state index in [4.69, 9.17) is 4.52 Å². The van der Waals surface area contributed by atoms with Crippen molar-refractivity contribution in [3.8, 4) is 5.75 Å². The lowest BCUT2D eigenvalue weighted by atomic mass is 10.1. The molecule has 2 heterocycles. The maximum Gasteiger partial charge on any atom is 0.306 e. The van der Waals surface area contributed by atoms with Crippen LogP contribution in [0.3, 0.4) is 0 Å². The zero-order chi connectivity index (χ0) is 13.7.